The highest BCUT2D eigenvalue weighted by Crippen LogP contribution is 2.16. The van der Waals surface area contributed by atoms with Crippen LogP contribution in [0, 0.1) is 0 Å². The monoisotopic (exact) mass is 271 g/mol. The maximum absolute atomic E-state index is 11.8. The van der Waals surface area contributed by atoms with Crippen LogP contribution >= 0.6 is 0 Å². The lowest BCUT2D eigenvalue weighted by Gasteiger charge is -2.09. The summed E-state index contributed by atoms with van der Waals surface area (Å²) in [6.07, 6.45) is 1.71. The number of para-hydroxylation sites is 1. The van der Waals surface area contributed by atoms with E-state index in [2.05, 4.69) is 5.32 Å². The van der Waals surface area contributed by atoms with E-state index >= 15 is 0 Å². The van der Waals surface area contributed by atoms with E-state index in [1.165, 1.54) is 12.1 Å². The number of nitrogens with one attached hydrogen (secondary N) is 2. The highest BCUT2D eigenvalue weighted by molar-refractivity contribution is 7.90. The molecule has 0 radical (unpaired) electrons. The Morgan fingerprint density at radius 3 is 2.61 bits per heavy atom. The molecule has 0 aliphatic rings. The first kappa shape index (κ1) is 14.3. The summed E-state index contributed by atoms with van der Waals surface area (Å²) in [4.78, 5) is 11.3. The summed E-state index contributed by atoms with van der Waals surface area (Å²) < 4.78 is 25.6. The van der Waals surface area contributed by atoms with Gasteiger partial charge in [0.15, 0.2) is 0 Å². The lowest BCUT2D eigenvalue weighted by atomic mass is 10.3. The average molecular weight is 271 g/mol. The molecule has 0 aromatic heterocycles. The van der Waals surface area contributed by atoms with Crippen LogP contribution in [-0.2, 0) is 10.0 Å². The van der Waals surface area contributed by atoms with Gasteiger partial charge in [0, 0.05) is 6.54 Å². The predicted molar refractivity (Wildman–Crippen MR) is 69.5 cm³/mol. The van der Waals surface area contributed by atoms with E-state index in [1.54, 1.807) is 12.1 Å². The van der Waals surface area contributed by atoms with Crippen molar-refractivity contribution < 1.29 is 13.2 Å². The number of hydrogen-bond acceptors (Lipinski definition) is 4. The van der Waals surface area contributed by atoms with E-state index in [1.807, 2.05) is 11.6 Å². The molecule has 1 rings (SSSR count). The van der Waals surface area contributed by atoms with Gasteiger partial charge >= 0.3 is 6.03 Å². The number of sulfonamides is 1. The third-order valence-electron chi connectivity index (χ3n) is 2.25. The highest BCUT2D eigenvalue weighted by atomic mass is 32.2. The lowest BCUT2D eigenvalue weighted by Crippen LogP contribution is -2.39. The van der Waals surface area contributed by atoms with Gasteiger partial charge < -0.3 is 11.1 Å². The summed E-state index contributed by atoms with van der Waals surface area (Å²) in [5, 5.41) is 2.46. The van der Waals surface area contributed by atoms with Crippen molar-refractivity contribution in [2.24, 2.45) is 0 Å². The molecule has 7 heteroatoms. The van der Waals surface area contributed by atoms with Crippen molar-refractivity contribution in [1.82, 2.24) is 10.0 Å². The molecular formula is C11H17N3O3S. The Morgan fingerprint density at radius 1 is 1.33 bits per heavy atom. The number of nitrogens with two attached hydrogens (primary N) is 1. The molecule has 0 heterocycles. The smallest absolute Gasteiger partial charge is 0.328 e. The van der Waals surface area contributed by atoms with Crippen LogP contribution < -0.4 is 15.8 Å². The number of hydrogen-bond donors (Lipinski definition) is 3. The van der Waals surface area contributed by atoms with Crippen LogP contribution in [0.15, 0.2) is 29.2 Å². The maximum atomic E-state index is 11.8. The maximum Gasteiger partial charge on any atom is 0.328 e. The van der Waals surface area contributed by atoms with Crippen molar-refractivity contribution in [3.8, 4) is 0 Å². The molecule has 0 bridgehead atoms. The SMILES string of the molecule is CCCCNC(=O)NS(=O)(=O)c1ccccc1N. The second kappa shape index (κ2) is 6.25. The second-order valence-corrected chi connectivity index (χ2v) is 5.40. The minimum Gasteiger partial charge on any atom is -0.398 e. The van der Waals surface area contributed by atoms with Crippen LogP contribution in [0.4, 0.5) is 10.5 Å². The Balaban J connectivity index is 2.71. The zero-order valence-corrected chi connectivity index (χ0v) is 11.0. The van der Waals surface area contributed by atoms with Crippen molar-refractivity contribution >= 4 is 21.7 Å². The summed E-state index contributed by atoms with van der Waals surface area (Å²) in [6, 6.07) is 5.22. The van der Waals surface area contributed by atoms with Gasteiger partial charge in [0.1, 0.15) is 4.90 Å². The molecule has 2 amide bonds. The van der Waals surface area contributed by atoms with Gasteiger partial charge in [-0.25, -0.2) is 17.9 Å². The van der Waals surface area contributed by atoms with Crippen LogP contribution in [0.3, 0.4) is 0 Å². The number of carbonyl (C=O) groups is 1. The number of rotatable bonds is 5. The molecule has 100 valence electrons. The van der Waals surface area contributed by atoms with Crippen molar-refractivity contribution in [2.75, 3.05) is 12.3 Å². The minimum atomic E-state index is -3.91. The molecule has 1 aromatic carbocycles. The average Bonchev–Trinajstić information content (AvgIpc) is 2.29. The third-order valence-corrected chi connectivity index (χ3v) is 3.66. The van der Waals surface area contributed by atoms with Crippen molar-refractivity contribution in [3.05, 3.63) is 24.3 Å². The predicted octanol–water partition coefficient (Wildman–Crippen LogP) is 1.06. The Kier molecular flexibility index (Phi) is 4.96. The molecule has 0 aliphatic carbocycles. The van der Waals surface area contributed by atoms with Gasteiger partial charge in [-0.2, -0.15) is 0 Å². The fourth-order valence-electron chi connectivity index (χ4n) is 1.32. The molecule has 0 saturated carbocycles. The molecule has 0 fully saturated rings. The molecule has 1 aromatic rings. The first-order chi connectivity index (χ1) is 8.47. The topological polar surface area (TPSA) is 101 Å². The van der Waals surface area contributed by atoms with E-state index in [0.29, 0.717) is 6.54 Å². The van der Waals surface area contributed by atoms with Crippen molar-refractivity contribution in [2.45, 2.75) is 24.7 Å². The van der Waals surface area contributed by atoms with Gasteiger partial charge in [0.25, 0.3) is 10.0 Å². The number of unbranched alkanes of at least 4 members (excludes halogenated alkanes) is 1. The number of urea groups is 1. The standard InChI is InChI=1S/C11H17N3O3S/c1-2-3-8-13-11(15)14-18(16,17)10-7-5-4-6-9(10)12/h4-7H,2-3,8,12H2,1H3,(H2,13,14,15). The molecule has 0 atom stereocenters. The quantitative estimate of drug-likeness (QED) is 0.550. The molecule has 0 aliphatic heterocycles. The van der Waals surface area contributed by atoms with Crippen molar-refractivity contribution in [1.29, 1.82) is 0 Å². The molecule has 18 heavy (non-hydrogen) atoms. The number of benzene rings is 1. The van der Waals surface area contributed by atoms with Crippen LogP contribution in [0.5, 0.6) is 0 Å². The van der Waals surface area contributed by atoms with E-state index in [4.69, 9.17) is 5.73 Å². The van der Waals surface area contributed by atoms with Gasteiger partial charge in [0.05, 0.1) is 5.69 Å². The van der Waals surface area contributed by atoms with E-state index in [0.717, 1.165) is 12.8 Å². The Labute approximate surface area is 107 Å². The normalized spacial score (nSPS) is 10.9. The first-order valence-electron chi connectivity index (χ1n) is 5.62. The van der Waals surface area contributed by atoms with Crippen LogP contribution in [0.1, 0.15) is 19.8 Å². The van der Waals surface area contributed by atoms with Crippen LogP contribution in [-0.4, -0.2) is 21.0 Å². The number of amides is 2. The molecule has 4 N–H and O–H groups in total. The third kappa shape index (κ3) is 3.92. The van der Waals surface area contributed by atoms with Gasteiger partial charge in [-0.1, -0.05) is 25.5 Å². The Morgan fingerprint density at radius 2 is 2.00 bits per heavy atom. The van der Waals surface area contributed by atoms with Gasteiger partial charge in [0.2, 0.25) is 0 Å². The summed E-state index contributed by atoms with van der Waals surface area (Å²) in [5.41, 5.74) is 5.66. The lowest BCUT2D eigenvalue weighted by molar-refractivity contribution is 0.245. The van der Waals surface area contributed by atoms with Gasteiger partial charge in [-0.15, -0.1) is 0 Å². The second-order valence-electron chi connectivity index (χ2n) is 3.75. The molecule has 0 unspecified atom stereocenters. The Bertz CT molecular complexity index is 514. The number of nitrogen functional groups attached to an aromatic ring is 1. The fourth-order valence-corrected chi connectivity index (χ4v) is 2.38. The van der Waals surface area contributed by atoms with Gasteiger partial charge in [-0.05, 0) is 18.6 Å². The number of anilines is 1. The zero-order valence-electron chi connectivity index (χ0n) is 10.1. The number of carbonyl (C=O) groups excluding carboxylic acids is 1. The Hall–Kier alpha value is -1.76. The summed E-state index contributed by atoms with van der Waals surface area (Å²) in [7, 11) is -3.91. The van der Waals surface area contributed by atoms with Crippen LogP contribution in [0.2, 0.25) is 0 Å². The molecule has 0 spiro atoms. The van der Waals surface area contributed by atoms with Gasteiger partial charge in [-0.3, -0.25) is 0 Å². The molecular weight excluding hydrogens is 254 g/mol. The largest absolute Gasteiger partial charge is 0.398 e. The summed E-state index contributed by atoms with van der Waals surface area (Å²) >= 11 is 0. The van der Waals surface area contributed by atoms with E-state index in [-0.39, 0.29) is 10.6 Å². The summed E-state index contributed by atoms with van der Waals surface area (Å²) in [5.74, 6) is 0. The van der Waals surface area contributed by atoms with E-state index < -0.39 is 16.1 Å². The fraction of sp³-hybridized carbons (Fsp3) is 0.364. The van der Waals surface area contributed by atoms with Crippen LogP contribution in [0.25, 0.3) is 0 Å². The van der Waals surface area contributed by atoms with Crippen molar-refractivity contribution in [3.63, 3.8) is 0 Å². The summed E-state index contributed by atoms with van der Waals surface area (Å²) in [6.45, 7) is 2.41. The first-order valence-corrected chi connectivity index (χ1v) is 7.11. The molecule has 6 nitrogen and oxygen atoms in total. The molecule has 0 saturated heterocycles. The minimum absolute atomic E-state index is 0.101. The zero-order chi connectivity index (χ0) is 13.6. The van der Waals surface area contributed by atoms with E-state index in [9.17, 15) is 13.2 Å². The highest BCUT2D eigenvalue weighted by Gasteiger charge is 2.19.